The van der Waals surface area contributed by atoms with E-state index in [0.717, 1.165) is 30.2 Å². The summed E-state index contributed by atoms with van der Waals surface area (Å²) in [5.41, 5.74) is 0.249. The van der Waals surface area contributed by atoms with Crippen LogP contribution in [0.15, 0.2) is 47.4 Å². The van der Waals surface area contributed by atoms with E-state index >= 15 is 0 Å². The van der Waals surface area contributed by atoms with Gasteiger partial charge >= 0.3 is 0 Å². The van der Waals surface area contributed by atoms with Gasteiger partial charge in [0.05, 0.1) is 22.0 Å². The fourth-order valence-corrected chi connectivity index (χ4v) is 5.08. The van der Waals surface area contributed by atoms with Crippen LogP contribution in [-0.2, 0) is 14.8 Å². The Morgan fingerprint density at radius 2 is 1.84 bits per heavy atom. The van der Waals surface area contributed by atoms with Gasteiger partial charge in [-0.2, -0.15) is 4.31 Å². The average Bonchev–Trinajstić information content (AvgIpc) is 2.74. The molecule has 0 saturated carbocycles. The lowest BCUT2D eigenvalue weighted by Gasteiger charge is -2.26. The van der Waals surface area contributed by atoms with E-state index in [1.165, 1.54) is 47.8 Å². The summed E-state index contributed by atoms with van der Waals surface area (Å²) in [5, 5.41) is 2.59. The number of anilines is 1. The lowest BCUT2D eigenvalue weighted by atomic mass is 10.2. The van der Waals surface area contributed by atoms with Gasteiger partial charge < -0.3 is 10.2 Å². The molecular weight excluding hydrogens is 445 g/mol. The standard InChI is InChI=1S/C21H23ClFN3O4S/c1-25(14-20(27)24-16-7-5-6-15(23)12-16)21(28)18-13-17(8-9-19(18)22)31(29,30)26-10-3-2-4-11-26/h5-9,12-13H,2-4,10-11,14H2,1H3,(H,24,27). The molecule has 166 valence electrons. The molecule has 0 radical (unpaired) electrons. The van der Waals surface area contributed by atoms with Gasteiger partial charge in [0.2, 0.25) is 15.9 Å². The minimum absolute atomic E-state index is 0.0131. The molecule has 1 saturated heterocycles. The summed E-state index contributed by atoms with van der Waals surface area (Å²) in [7, 11) is -2.34. The van der Waals surface area contributed by atoms with Crippen LogP contribution in [-0.4, -0.2) is 56.1 Å². The highest BCUT2D eigenvalue weighted by molar-refractivity contribution is 7.89. The van der Waals surface area contributed by atoms with Gasteiger partial charge in [0.25, 0.3) is 5.91 Å². The van der Waals surface area contributed by atoms with Crippen LogP contribution in [0, 0.1) is 5.82 Å². The third-order valence-electron chi connectivity index (χ3n) is 4.96. The minimum Gasteiger partial charge on any atom is -0.332 e. The Balaban J connectivity index is 1.74. The molecule has 2 amide bonds. The van der Waals surface area contributed by atoms with Crippen molar-refractivity contribution in [3.63, 3.8) is 0 Å². The molecule has 10 heteroatoms. The SMILES string of the molecule is CN(CC(=O)Nc1cccc(F)c1)C(=O)c1cc(S(=O)(=O)N2CCCCC2)ccc1Cl. The maximum Gasteiger partial charge on any atom is 0.255 e. The molecule has 7 nitrogen and oxygen atoms in total. The van der Waals surface area contributed by atoms with E-state index in [1.807, 2.05) is 0 Å². The van der Waals surface area contributed by atoms with Crippen LogP contribution < -0.4 is 5.32 Å². The topological polar surface area (TPSA) is 86.8 Å². The number of piperidine rings is 1. The number of hydrogen-bond acceptors (Lipinski definition) is 4. The maximum atomic E-state index is 13.3. The number of halogens is 2. The molecule has 0 unspecified atom stereocenters. The summed E-state index contributed by atoms with van der Waals surface area (Å²) in [5.74, 6) is -1.63. The fraction of sp³-hybridized carbons (Fsp3) is 0.333. The number of sulfonamides is 1. The molecule has 1 heterocycles. The van der Waals surface area contributed by atoms with Gasteiger partial charge in [0.15, 0.2) is 0 Å². The smallest absolute Gasteiger partial charge is 0.255 e. The van der Waals surface area contributed by atoms with E-state index in [4.69, 9.17) is 11.6 Å². The van der Waals surface area contributed by atoms with Crippen LogP contribution in [0.4, 0.5) is 10.1 Å². The number of carbonyl (C=O) groups excluding carboxylic acids is 2. The summed E-state index contributed by atoms with van der Waals surface area (Å²) in [6.07, 6.45) is 2.57. The first-order valence-corrected chi connectivity index (χ1v) is 11.6. The number of amides is 2. The molecule has 0 aliphatic carbocycles. The number of benzene rings is 2. The predicted molar refractivity (Wildman–Crippen MR) is 116 cm³/mol. The average molecular weight is 468 g/mol. The number of hydrogen-bond donors (Lipinski definition) is 1. The summed E-state index contributed by atoms with van der Waals surface area (Å²) in [6.45, 7) is 0.553. The highest BCUT2D eigenvalue weighted by Gasteiger charge is 2.28. The molecule has 1 aliphatic heterocycles. The van der Waals surface area contributed by atoms with E-state index in [9.17, 15) is 22.4 Å². The maximum absolute atomic E-state index is 13.3. The van der Waals surface area contributed by atoms with Crippen molar-refractivity contribution in [3.05, 3.63) is 58.9 Å². The van der Waals surface area contributed by atoms with Gasteiger partial charge in [0, 0.05) is 25.8 Å². The Kier molecular flexibility index (Phi) is 7.30. The van der Waals surface area contributed by atoms with Crippen LogP contribution in [0.2, 0.25) is 5.02 Å². The molecule has 2 aromatic rings. The molecule has 0 atom stereocenters. The monoisotopic (exact) mass is 467 g/mol. The second-order valence-corrected chi connectivity index (χ2v) is 9.67. The van der Waals surface area contributed by atoms with E-state index in [2.05, 4.69) is 5.32 Å². The van der Waals surface area contributed by atoms with E-state index in [1.54, 1.807) is 0 Å². The first-order chi connectivity index (χ1) is 14.7. The van der Waals surface area contributed by atoms with Crippen LogP contribution in [0.1, 0.15) is 29.6 Å². The van der Waals surface area contributed by atoms with Crippen molar-refractivity contribution >= 4 is 39.1 Å². The van der Waals surface area contributed by atoms with Gasteiger partial charge in [-0.3, -0.25) is 9.59 Å². The Hall–Kier alpha value is -2.49. The summed E-state index contributed by atoms with van der Waals surface area (Å²) < 4.78 is 40.5. The second-order valence-electron chi connectivity index (χ2n) is 7.33. The van der Waals surface area contributed by atoms with Gasteiger partial charge in [-0.25, -0.2) is 12.8 Å². The van der Waals surface area contributed by atoms with Gasteiger partial charge in [-0.15, -0.1) is 0 Å². The van der Waals surface area contributed by atoms with Crippen LogP contribution >= 0.6 is 11.6 Å². The molecule has 1 fully saturated rings. The molecule has 3 rings (SSSR count). The Bertz CT molecular complexity index is 1090. The lowest BCUT2D eigenvalue weighted by molar-refractivity contribution is -0.116. The molecule has 1 aliphatic rings. The largest absolute Gasteiger partial charge is 0.332 e. The summed E-state index contributed by atoms with van der Waals surface area (Å²) in [4.78, 5) is 26.2. The van der Waals surface area contributed by atoms with Crippen LogP contribution in [0.3, 0.4) is 0 Å². The molecule has 1 N–H and O–H groups in total. The molecule has 31 heavy (non-hydrogen) atoms. The van der Waals surface area contributed by atoms with Crippen molar-refractivity contribution in [1.29, 1.82) is 0 Å². The van der Waals surface area contributed by atoms with E-state index in [0.29, 0.717) is 13.1 Å². The zero-order chi connectivity index (χ0) is 22.6. The normalized spacial score (nSPS) is 14.8. The summed E-state index contributed by atoms with van der Waals surface area (Å²) >= 11 is 6.16. The van der Waals surface area contributed by atoms with Gasteiger partial charge in [-0.1, -0.05) is 24.1 Å². The number of likely N-dealkylation sites (N-methyl/N-ethyl adjacent to an activating group) is 1. The van der Waals surface area contributed by atoms with Gasteiger partial charge in [-0.05, 0) is 49.2 Å². The van der Waals surface area contributed by atoms with Crippen LogP contribution in [0.5, 0.6) is 0 Å². The van der Waals surface area contributed by atoms with E-state index < -0.39 is 27.7 Å². The Labute approximate surface area is 185 Å². The predicted octanol–water partition coefficient (Wildman–Crippen LogP) is 3.36. The lowest BCUT2D eigenvalue weighted by Crippen LogP contribution is -2.36. The Morgan fingerprint density at radius 1 is 1.13 bits per heavy atom. The highest BCUT2D eigenvalue weighted by Crippen LogP contribution is 2.26. The molecule has 0 spiro atoms. The minimum atomic E-state index is -3.74. The van der Waals surface area contributed by atoms with Crippen LogP contribution in [0.25, 0.3) is 0 Å². The number of rotatable bonds is 6. The number of carbonyl (C=O) groups is 2. The van der Waals surface area contributed by atoms with E-state index in [-0.39, 0.29) is 27.7 Å². The zero-order valence-electron chi connectivity index (χ0n) is 17.0. The number of nitrogens with one attached hydrogen (secondary N) is 1. The fourth-order valence-electron chi connectivity index (χ4n) is 3.34. The molecule has 0 aromatic heterocycles. The van der Waals surface area contributed by atoms with Crippen molar-refractivity contribution < 1.29 is 22.4 Å². The Morgan fingerprint density at radius 3 is 2.52 bits per heavy atom. The van der Waals surface area contributed by atoms with Crippen molar-refractivity contribution in [3.8, 4) is 0 Å². The van der Waals surface area contributed by atoms with Crippen molar-refractivity contribution in [1.82, 2.24) is 9.21 Å². The second kappa shape index (κ2) is 9.76. The van der Waals surface area contributed by atoms with Gasteiger partial charge in [0.1, 0.15) is 5.82 Å². The van der Waals surface area contributed by atoms with Crippen molar-refractivity contribution in [2.24, 2.45) is 0 Å². The quantitative estimate of drug-likeness (QED) is 0.705. The molecular formula is C21H23ClFN3O4S. The molecule has 0 bridgehead atoms. The first-order valence-electron chi connectivity index (χ1n) is 9.79. The third-order valence-corrected chi connectivity index (χ3v) is 7.18. The third kappa shape index (κ3) is 5.61. The first kappa shape index (κ1) is 23.2. The molecule has 2 aromatic carbocycles. The highest BCUT2D eigenvalue weighted by atomic mass is 35.5. The number of nitrogens with zero attached hydrogens (tertiary/aromatic N) is 2. The van der Waals surface area contributed by atoms with Crippen molar-refractivity contribution in [2.75, 3.05) is 32.0 Å². The zero-order valence-corrected chi connectivity index (χ0v) is 18.5. The summed E-state index contributed by atoms with van der Waals surface area (Å²) in [6, 6.07) is 9.37. The van der Waals surface area contributed by atoms with Crippen molar-refractivity contribution in [2.45, 2.75) is 24.2 Å².